The Kier molecular flexibility index (Phi) is 6.10. The number of rotatable bonds is 3. The van der Waals surface area contributed by atoms with E-state index in [0.29, 0.717) is 17.9 Å². The van der Waals surface area contributed by atoms with Gasteiger partial charge in [0.1, 0.15) is 5.75 Å². The highest BCUT2D eigenvalue weighted by atomic mass is 79.9. The number of likely N-dealkylation sites (tertiary alicyclic amines) is 1. The van der Waals surface area contributed by atoms with Gasteiger partial charge in [-0.1, -0.05) is 0 Å². The minimum absolute atomic E-state index is 0. The van der Waals surface area contributed by atoms with Gasteiger partial charge in [-0.2, -0.15) is 0 Å². The van der Waals surface area contributed by atoms with Crippen LogP contribution in [0.5, 0.6) is 5.75 Å². The van der Waals surface area contributed by atoms with E-state index in [1.807, 2.05) is 17.0 Å². The van der Waals surface area contributed by atoms with E-state index in [1.54, 1.807) is 13.2 Å². The van der Waals surface area contributed by atoms with Crippen molar-refractivity contribution in [3.05, 3.63) is 28.2 Å². The first-order chi connectivity index (χ1) is 8.67. The molecule has 0 aliphatic carbocycles. The highest BCUT2D eigenvalue weighted by Gasteiger charge is 2.29. The maximum Gasteiger partial charge on any atom is 0.255 e. The third-order valence-corrected chi connectivity index (χ3v) is 4.01. The van der Waals surface area contributed by atoms with Crippen molar-refractivity contribution in [1.29, 1.82) is 0 Å². The van der Waals surface area contributed by atoms with Crippen molar-refractivity contribution in [2.75, 3.05) is 20.2 Å². The smallest absolute Gasteiger partial charge is 0.255 e. The molecule has 1 aromatic rings. The predicted molar refractivity (Wildman–Crippen MR) is 81.1 cm³/mol. The van der Waals surface area contributed by atoms with Crippen LogP contribution < -0.4 is 10.5 Å². The van der Waals surface area contributed by atoms with Crippen LogP contribution in [0.25, 0.3) is 0 Å². The van der Waals surface area contributed by atoms with Crippen LogP contribution in [0.15, 0.2) is 22.7 Å². The lowest BCUT2D eigenvalue weighted by atomic mass is 10.1. The zero-order valence-electron chi connectivity index (χ0n) is 10.8. The van der Waals surface area contributed by atoms with Crippen LogP contribution in [-0.4, -0.2) is 37.0 Å². The maximum absolute atomic E-state index is 12.5. The van der Waals surface area contributed by atoms with Crippen molar-refractivity contribution >= 4 is 34.2 Å². The van der Waals surface area contributed by atoms with Gasteiger partial charge in [-0.3, -0.25) is 4.79 Å². The summed E-state index contributed by atoms with van der Waals surface area (Å²) in [5.74, 6) is 0.707. The second-order valence-corrected chi connectivity index (χ2v) is 5.23. The van der Waals surface area contributed by atoms with Crippen molar-refractivity contribution in [2.45, 2.75) is 18.9 Å². The van der Waals surface area contributed by atoms with Crippen LogP contribution in [0.1, 0.15) is 23.2 Å². The van der Waals surface area contributed by atoms with Gasteiger partial charge in [0, 0.05) is 23.6 Å². The number of hydrogen-bond donors (Lipinski definition) is 1. The Morgan fingerprint density at radius 3 is 2.95 bits per heavy atom. The van der Waals surface area contributed by atoms with Gasteiger partial charge in [-0.05, 0) is 47.0 Å². The number of carbonyl (C=O) groups is 1. The van der Waals surface area contributed by atoms with Gasteiger partial charge in [-0.25, -0.2) is 0 Å². The summed E-state index contributed by atoms with van der Waals surface area (Å²) in [5, 5.41) is 0. The molecule has 0 spiro atoms. The summed E-state index contributed by atoms with van der Waals surface area (Å²) < 4.78 is 5.95. The lowest BCUT2D eigenvalue weighted by Crippen LogP contribution is -2.40. The fourth-order valence-corrected chi connectivity index (χ4v) is 2.71. The number of nitrogens with zero attached hydrogens (tertiary/aromatic N) is 1. The molecule has 1 aliphatic rings. The second-order valence-electron chi connectivity index (χ2n) is 4.38. The SMILES string of the molecule is COc1ccc(Br)c(C(=O)N2CCCC2CN)c1.Cl. The molecule has 1 aliphatic heterocycles. The molecular formula is C13H18BrClN2O2. The average Bonchev–Trinajstić information content (AvgIpc) is 2.86. The number of carbonyl (C=O) groups excluding carboxylic acids is 1. The van der Waals surface area contributed by atoms with Crippen LogP contribution in [0, 0.1) is 0 Å². The Morgan fingerprint density at radius 1 is 1.58 bits per heavy atom. The zero-order chi connectivity index (χ0) is 13.1. The van der Waals surface area contributed by atoms with E-state index >= 15 is 0 Å². The number of nitrogens with two attached hydrogens (primary N) is 1. The van der Waals surface area contributed by atoms with Crippen molar-refractivity contribution in [1.82, 2.24) is 4.90 Å². The Morgan fingerprint density at radius 2 is 2.32 bits per heavy atom. The minimum Gasteiger partial charge on any atom is -0.497 e. The highest BCUT2D eigenvalue weighted by molar-refractivity contribution is 9.10. The van der Waals surface area contributed by atoms with E-state index in [2.05, 4.69) is 15.9 Å². The van der Waals surface area contributed by atoms with Gasteiger partial charge in [0.2, 0.25) is 0 Å². The first kappa shape index (κ1) is 16.3. The summed E-state index contributed by atoms with van der Waals surface area (Å²) in [5.41, 5.74) is 6.34. The van der Waals surface area contributed by atoms with Crippen molar-refractivity contribution in [3.63, 3.8) is 0 Å². The topological polar surface area (TPSA) is 55.6 Å². The summed E-state index contributed by atoms with van der Waals surface area (Å²) >= 11 is 3.41. The van der Waals surface area contributed by atoms with Gasteiger partial charge >= 0.3 is 0 Å². The first-order valence-electron chi connectivity index (χ1n) is 6.02. The highest BCUT2D eigenvalue weighted by Crippen LogP contribution is 2.26. The molecule has 6 heteroatoms. The molecule has 0 bridgehead atoms. The molecule has 1 atom stereocenters. The number of amides is 1. The molecule has 1 aromatic carbocycles. The number of halogens is 2. The largest absolute Gasteiger partial charge is 0.497 e. The number of hydrogen-bond acceptors (Lipinski definition) is 3. The summed E-state index contributed by atoms with van der Waals surface area (Å²) in [7, 11) is 1.59. The van der Waals surface area contributed by atoms with E-state index in [9.17, 15) is 4.79 Å². The lowest BCUT2D eigenvalue weighted by molar-refractivity contribution is 0.0740. The second kappa shape index (κ2) is 7.12. The van der Waals surface area contributed by atoms with Crippen LogP contribution >= 0.6 is 28.3 Å². The molecule has 1 fully saturated rings. The molecule has 0 saturated carbocycles. The number of ether oxygens (including phenoxy) is 1. The number of benzene rings is 1. The monoisotopic (exact) mass is 348 g/mol. The van der Waals surface area contributed by atoms with Crippen molar-refractivity contribution < 1.29 is 9.53 Å². The zero-order valence-corrected chi connectivity index (χ0v) is 13.2. The lowest BCUT2D eigenvalue weighted by Gasteiger charge is -2.24. The van der Waals surface area contributed by atoms with Crippen molar-refractivity contribution in [3.8, 4) is 5.75 Å². The Balaban J connectivity index is 0.00000180. The molecule has 106 valence electrons. The van der Waals surface area contributed by atoms with Crippen LogP contribution in [0.2, 0.25) is 0 Å². The predicted octanol–water partition coefficient (Wildman–Crippen LogP) is 2.44. The fourth-order valence-electron chi connectivity index (χ4n) is 2.30. The van der Waals surface area contributed by atoms with Gasteiger partial charge < -0.3 is 15.4 Å². The molecule has 0 radical (unpaired) electrons. The third kappa shape index (κ3) is 3.41. The van der Waals surface area contributed by atoms with E-state index in [-0.39, 0.29) is 24.4 Å². The van der Waals surface area contributed by atoms with Gasteiger partial charge in [-0.15, -0.1) is 12.4 Å². The quantitative estimate of drug-likeness (QED) is 0.912. The van der Waals surface area contributed by atoms with Gasteiger partial charge in [0.15, 0.2) is 0 Å². The summed E-state index contributed by atoms with van der Waals surface area (Å²) in [6.45, 7) is 1.30. The van der Waals surface area contributed by atoms with E-state index in [1.165, 1.54) is 0 Å². The summed E-state index contributed by atoms with van der Waals surface area (Å²) in [6.07, 6.45) is 2.01. The molecular weight excluding hydrogens is 332 g/mol. The third-order valence-electron chi connectivity index (χ3n) is 3.31. The fraction of sp³-hybridized carbons (Fsp3) is 0.462. The average molecular weight is 350 g/mol. The Bertz CT molecular complexity index is 456. The van der Waals surface area contributed by atoms with Gasteiger partial charge in [0.25, 0.3) is 5.91 Å². The van der Waals surface area contributed by atoms with Gasteiger partial charge in [0.05, 0.1) is 12.7 Å². The molecule has 1 heterocycles. The molecule has 1 unspecified atom stereocenters. The summed E-state index contributed by atoms with van der Waals surface area (Å²) in [6, 6.07) is 5.58. The molecule has 2 rings (SSSR count). The molecule has 19 heavy (non-hydrogen) atoms. The molecule has 1 saturated heterocycles. The Hall–Kier alpha value is -0.780. The van der Waals surface area contributed by atoms with E-state index in [0.717, 1.165) is 23.9 Å². The van der Waals surface area contributed by atoms with Crippen LogP contribution in [0.3, 0.4) is 0 Å². The standard InChI is InChI=1S/C13H17BrN2O2.ClH/c1-18-10-4-5-12(14)11(7-10)13(17)16-6-2-3-9(16)8-15;/h4-5,7,9H,2-3,6,8,15H2,1H3;1H. The van der Waals surface area contributed by atoms with Crippen molar-refractivity contribution in [2.24, 2.45) is 5.73 Å². The first-order valence-corrected chi connectivity index (χ1v) is 6.81. The minimum atomic E-state index is 0. The van der Waals surface area contributed by atoms with E-state index in [4.69, 9.17) is 10.5 Å². The normalized spacial score (nSPS) is 18.1. The maximum atomic E-state index is 12.5. The van der Waals surface area contributed by atoms with E-state index < -0.39 is 0 Å². The molecule has 4 nitrogen and oxygen atoms in total. The summed E-state index contributed by atoms with van der Waals surface area (Å²) in [4.78, 5) is 14.4. The van der Waals surface area contributed by atoms with Crippen LogP contribution in [-0.2, 0) is 0 Å². The molecule has 1 amide bonds. The molecule has 0 aromatic heterocycles. The Labute approximate surface area is 127 Å². The van der Waals surface area contributed by atoms with Crippen LogP contribution in [0.4, 0.5) is 0 Å². The number of methoxy groups -OCH3 is 1. The molecule has 2 N–H and O–H groups in total.